The van der Waals surface area contributed by atoms with Crippen LogP contribution in [-0.2, 0) is 9.53 Å². The molecule has 2 rings (SSSR count). The van der Waals surface area contributed by atoms with Crippen LogP contribution in [0.15, 0.2) is 30.3 Å². The Kier molecular flexibility index (Phi) is 2.97. The maximum Gasteiger partial charge on any atom is 0.327 e. The van der Waals surface area contributed by atoms with Gasteiger partial charge in [-0.1, -0.05) is 30.3 Å². The van der Waals surface area contributed by atoms with Gasteiger partial charge in [-0.25, -0.2) is 4.79 Å². The van der Waals surface area contributed by atoms with E-state index in [2.05, 4.69) is 0 Å². The van der Waals surface area contributed by atoms with E-state index < -0.39 is 5.54 Å². The molecule has 0 aliphatic carbocycles. The summed E-state index contributed by atoms with van der Waals surface area (Å²) in [5.74, 6) is -0.137. The fraction of sp³-hybridized carbons (Fsp3) is 0.385. The number of hydrogen-bond donors (Lipinski definition) is 0. The van der Waals surface area contributed by atoms with E-state index >= 15 is 0 Å². The maximum absolute atomic E-state index is 11.6. The number of rotatable bonds is 4. The standard InChI is InChI=1S/C13H16NO2/c1-3-16-12(15)13(2)10-14(13)9-11-7-5-4-6-8-11/h4-9H,3,10H2,1-2H3. The predicted molar refractivity (Wildman–Crippen MR) is 61.6 cm³/mol. The number of nitrogens with zero attached hydrogens (tertiary/aromatic N) is 1. The average molecular weight is 218 g/mol. The van der Waals surface area contributed by atoms with Crippen LogP contribution >= 0.6 is 0 Å². The van der Waals surface area contributed by atoms with Gasteiger partial charge in [0.25, 0.3) is 0 Å². The van der Waals surface area contributed by atoms with Crippen molar-refractivity contribution < 1.29 is 9.53 Å². The first-order valence-electron chi connectivity index (χ1n) is 5.50. The second-order valence-corrected chi connectivity index (χ2v) is 4.16. The molecule has 2 atom stereocenters. The lowest BCUT2D eigenvalue weighted by Crippen LogP contribution is -2.27. The number of hydrogen-bond acceptors (Lipinski definition) is 3. The normalized spacial score (nSPS) is 27.5. The highest BCUT2D eigenvalue weighted by Crippen LogP contribution is 2.35. The quantitative estimate of drug-likeness (QED) is 0.570. The van der Waals surface area contributed by atoms with Crippen molar-refractivity contribution in [3.8, 4) is 0 Å². The van der Waals surface area contributed by atoms with Gasteiger partial charge in [-0.05, 0) is 19.4 Å². The van der Waals surface area contributed by atoms with E-state index in [9.17, 15) is 4.79 Å². The van der Waals surface area contributed by atoms with E-state index in [1.807, 2.05) is 55.6 Å². The zero-order valence-corrected chi connectivity index (χ0v) is 9.64. The van der Waals surface area contributed by atoms with Crippen molar-refractivity contribution in [2.45, 2.75) is 19.4 Å². The molecule has 3 heteroatoms. The number of carbonyl (C=O) groups excluding carboxylic acids is 1. The van der Waals surface area contributed by atoms with Gasteiger partial charge in [0, 0.05) is 6.54 Å². The van der Waals surface area contributed by atoms with Crippen molar-refractivity contribution in [1.82, 2.24) is 4.90 Å². The van der Waals surface area contributed by atoms with Crippen LogP contribution in [0, 0.1) is 6.54 Å². The molecule has 0 bridgehead atoms. The van der Waals surface area contributed by atoms with E-state index in [0.717, 1.165) is 12.1 Å². The van der Waals surface area contributed by atoms with E-state index in [1.54, 1.807) is 0 Å². The minimum absolute atomic E-state index is 0.137. The van der Waals surface area contributed by atoms with Gasteiger partial charge in [0.2, 0.25) is 0 Å². The molecule has 1 saturated heterocycles. The summed E-state index contributed by atoms with van der Waals surface area (Å²) in [4.78, 5) is 13.6. The highest BCUT2D eigenvalue weighted by molar-refractivity contribution is 5.84. The van der Waals surface area contributed by atoms with E-state index in [0.29, 0.717) is 6.61 Å². The number of ether oxygens (including phenoxy) is 1. The van der Waals surface area contributed by atoms with Crippen LogP contribution in [0.2, 0.25) is 0 Å². The number of carbonyl (C=O) groups is 1. The first-order chi connectivity index (χ1) is 7.66. The molecule has 1 aromatic carbocycles. The Labute approximate surface area is 96.0 Å². The Balaban J connectivity index is 1.94. The van der Waals surface area contributed by atoms with Gasteiger partial charge in [-0.15, -0.1) is 0 Å². The molecule has 1 heterocycles. The van der Waals surface area contributed by atoms with Crippen molar-refractivity contribution in [2.75, 3.05) is 13.2 Å². The molecule has 1 aliphatic rings. The zero-order chi connectivity index (χ0) is 11.6. The third kappa shape index (κ3) is 2.09. The van der Waals surface area contributed by atoms with Gasteiger partial charge in [0.1, 0.15) is 5.54 Å². The van der Waals surface area contributed by atoms with E-state index in [4.69, 9.17) is 4.74 Å². The number of benzene rings is 1. The maximum atomic E-state index is 11.6. The molecule has 1 fully saturated rings. The summed E-state index contributed by atoms with van der Waals surface area (Å²) in [6.07, 6.45) is 0. The zero-order valence-electron chi connectivity index (χ0n) is 9.64. The summed E-state index contributed by atoms with van der Waals surface area (Å²) in [5, 5.41) is 0. The summed E-state index contributed by atoms with van der Waals surface area (Å²) < 4.78 is 5.04. The lowest BCUT2D eigenvalue weighted by molar-refractivity contribution is -0.146. The second-order valence-electron chi connectivity index (χ2n) is 4.16. The first-order valence-corrected chi connectivity index (χ1v) is 5.50. The molecule has 1 aromatic rings. The minimum atomic E-state index is -0.453. The van der Waals surface area contributed by atoms with Crippen molar-refractivity contribution in [1.29, 1.82) is 0 Å². The van der Waals surface area contributed by atoms with Crippen molar-refractivity contribution >= 4 is 5.97 Å². The van der Waals surface area contributed by atoms with Crippen molar-refractivity contribution in [3.63, 3.8) is 0 Å². The number of esters is 1. The van der Waals surface area contributed by atoms with Crippen molar-refractivity contribution in [2.24, 2.45) is 0 Å². The van der Waals surface area contributed by atoms with Crippen molar-refractivity contribution in [3.05, 3.63) is 42.4 Å². The molecule has 1 aliphatic heterocycles. The van der Waals surface area contributed by atoms with Crippen LogP contribution in [-0.4, -0.2) is 29.6 Å². The van der Waals surface area contributed by atoms with Crippen LogP contribution in [0.25, 0.3) is 0 Å². The fourth-order valence-electron chi connectivity index (χ4n) is 1.67. The molecular formula is C13H16NO2. The Morgan fingerprint density at radius 3 is 2.81 bits per heavy atom. The predicted octanol–water partition coefficient (Wildman–Crippen LogP) is 1.83. The molecule has 16 heavy (non-hydrogen) atoms. The Morgan fingerprint density at radius 1 is 1.50 bits per heavy atom. The molecular weight excluding hydrogens is 202 g/mol. The van der Waals surface area contributed by atoms with E-state index in [-0.39, 0.29) is 5.97 Å². The average Bonchev–Trinajstić information content (AvgIpc) is 2.93. The smallest absolute Gasteiger partial charge is 0.327 e. The summed E-state index contributed by atoms with van der Waals surface area (Å²) in [7, 11) is 0. The third-order valence-corrected chi connectivity index (χ3v) is 2.83. The Bertz CT molecular complexity index is 377. The van der Waals surface area contributed by atoms with Gasteiger partial charge in [-0.2, -0.15) is 0 Å². The summed E-state index contributed by atoms with van der Waals surface area (Å²) >= 11 is 0. The molecule has 0 amide bonds. The summed E-state index contributed by atoms with van der Waals surface area (Å²) in [6.45, 7) is 6.91. The summed E-state index contributed by atoms with van der Waals surface area (Å²) in [6, 6.07) is 9.98. The van der Waals surface area contributed by atoms with Gasteiger partial charge in [0.05, 0.1) is 13.2 Å². The largest absolute Gasteiger partial charge is 0.465 e. The molecule has 85 valence electrons. The lowest BCUT2D eigenvalue weighted by atomic mass is 10.2. The van der Waals surface area contributed by atoms with Gasteiger partial charge in [0.15, 0.2) is 0 Å². The Hall–Kier alpha value is -1.35. The fourth-order valence-corrected chi connectivity index (χ4v) is 1.67. The van der Waals surface area contributed by atoms with Crippen LogP contribution in [0.1, 0.15) is 19.4 Å². The lowest BCUT2D eigenvalue weighted by Gasteiger charge is -2.10. The van der Waals surface area contributed by atoms with Crippen LogP contribution in [0.5, 0.6) is 0 Å². The van der Waals surface area contributed by atoms with Gasteiger partial charge in [-0.3, -0.25) is 4.90 Å². The molecule has 2 unspecified atom stereocenters. The van der Waals surface area contributed by atoms with Crippen LogP contribution in [0.3, 0.4) is 0 Å². The van der Waals surface area contributed by atoms with E-state index in [1.165, 1.54) is 0 Å². The first kappa shape index (κ1) is 11.1. The van der Waals surface area contributed by atoms with Gasteiger partial charge < -0.3 is 4.74 Å². The molecule has 0 spiro atoms. The summed E-state index contributed by atoms with van der Waals surface area (Å²) in [5.41, 5.74) is 0.654. The molecule has 3 nitrogen and oxygen atoms in total. The Morgan fingerprint density at radius 2 is 2.19 bits per heavy atom. The molecule has 1 radical (unpaired) electrons. The minimum Gasteiger partial charge on any atom is -0.465 e. The van der Waals surface area contributed by atoms with Crippen LogP contribution < -0.4 is 0 Å². The second kappa shape index (κ2) is 4.26. The molecule has 0 saturated carbocycles. The van der Waals surface area contributed by atoms with Crippen LogP contribution in [0.4, 0.5) is 0 Å². The SMILES string of the molecule is CCOC(=O)C1(C)CN1[CH]c1ccccc1. The topological polar surface area (TPSA) is 29.3 Å². The van der Waals surface area contributed by atoms with Gasteiger partial charge >= 0.3 is 5.97 Å². The third-order valence-electron chi connectivity index (χ3n) is 2.83. The highest BCUT2D eigenvalue weighted by atomic mass is 16.5. The molecule has 0 N–H and O–H groups in total. The monoisotopic (exact) mass is 218 g/mol. The molecule has 0 aromatic heterocycles. The highest BCUT2D eigenvalue weighted by Gasteiger charge is 2.55.